The Kier molecular flexibility index (Phi) is 5.89. The summed E-state index contributed by atoms with van der Waals surface area (Å²) < 4.78 is 0. The third kappa shape index (κ3) is 4.40. The summed E-state index contributed by atoms with van der Waals surface area (Å²) in [6, 6.07) is 1.57. The maximum absolute atomic E-state index is 12.5. The third-order valence-corrected chi connectivity index (χ3v) is 4.31. The number of aldehydes is 1. The maximum Gasteiger partial charge on any atom is 0.258 e. The van der Waals surface area contributed by atoms with E-state index in [1.165, 1.54) is 16.4 Å². The van der Waals surface area contributed by atoms with Crippen molar-refractivity contribution in [1.82, 2.24) is 5.32 Å². The molecule has 0 bridgehead atoms. The number of carbonyl (C=O) groups excluding carboxylic acids is 3. The zero-order valence-corrected chi connectivity index (χ0v) is 13.5. The van der Waals surface area contributed by atoms with Crippen molar-refractivity contribution in [1.29, 1.82) is 0 Å². The average molecular weight is 338 g/mol. The number of ketones is 1. The predicted molar refractivity (Wildman–Crippen MR) is 85.5 cm³/mol. The highest BCUT2D eigenvalue weighted by atomic mass is 32.1. The van der Waals surface area contributed by atoms with Crippen molar-refractivity contribution in [2.45, 2.75) is 12.8 Å². The maximum atomic E-state index is 12.5. The number of carbonyl (C=O) groups is 3. The number of hydrogen-bond acceptors (Lipinski definition) is 7. The molecule has 0 atom stereocenters. The molecule has 1 aliphatic carbocycles. The molecule has 0 unspecified atom stereocenters. The molecule has 1 saturated carbocycles. The van der Waals surface area contributed by atoms with E-state index in [1.54, 1.807) is 18.5 Å². The van der Waals surface area contributed by atoms with Crippen LogP contribution in [0.4, 0.5) is 5.00 Å². The lowest BCUT2D eigenvalue weighted by atomic mass is 10.1. The minimum absolute atomic E-state index is 0.232. The van der Waals surface area contributed by atoms with Crippen LogP contribution in [0.1, 0.15) is 23.2 Å². The first-order valence-corrected chi connectivity index (χ1v) is 8.01. The van der Waals surface area contributed by atoms with Crippen LogP contribution >= 0.6 is 11.3 Å². The van der Waals surface area contributed by atoms with E-state index in [9.17, 15) is 19.5 Å². The number of anilines is 1. The third-order valence-electron chi connectivity index (χ3n) is 3.34. The highest BCUT2D eigenvalue weighted by Crippen LogP contribution is 2.32. The summed E-state index contributed by atoms with van der Waals surface area (Å²) in [5, 5.41) is 15.2. The molecule has 1 amide bonds. The van der Waals surface area contributed by atoms with Gasteiger partial charge in [-0.15, -0.1) is 11.3 Å². The summed E-state index contributed by atoms with van der Waals surface area (Å²) in [6.45, 7) is 0.356. The lowest BCUT2D eigenvalue weighted by Crippen LogP contribution is -2.30. The van der Waals surface area contributed by atoms with E-state index in [1.807, 2.05) is 0 Å². The minimum atomic E-state index is -0.802. The average Bonchev–Trinajstić information content (AvgIpc) is 3.24. The quantitative estimate of drug-likeness (QED) is 0.135. The fourth-order valence-electron chi connectivity index (χ4n) is 1.87. The number of amides is 1. The Morgan fingerprint density at radius 2 is 2.26 bits per heavy atom. The lowest BCUT2D eigenvalue weighted by Gasteiger charge is -2.18. The van der Waals surface area contributed by atoms with Crippen molar-refractivity contribution >= 4 is 34.3 Å². The monoisotopic (exact) mass is 338 g/mol. The molecular weight excluding hydrogens is 320 g/mol. The van der Waals surface area contributed by atoms with Crippen molar-refractivity contribution in [2.24, 2.45) is 5.92 Å². The van der Waals surface area contributed by atoms with E-state index in [4.69, 9.17) is 4.84 Å². The van der Waals surface area contributed by atoms with Crippen LogP contribution in [0.25, 0.3) is 0 Å². The lowest BCUT2D eigenvalue weighted by molar-refractivity contribution is -0.119. The van der Waals surface area contributed by atoms with Gasteiger partial charge >= 0.3 is 0 Å². The molecule has 0 saturated heterocycles. The molecule has 0 spiro atoms. The number of aliphatic hydroxyl groups is 1. The molecule has 1 fully saturated rings. The number of nitrogens with zero attached hydrogens (tertiary/aromatic N) is 1. The molecule has 8 heteroatoms. The fourth-order valence-corrected chi connectivity index (χ4v) is 2.70. The first-order valence-electron chi connectivity index (χ1n) is 7.13. The van der Waals surface area contributed by atoms with Gasteiger partial charge in [0.2, 0.25) is 5.78 Å². The van der Waals surface area contributed by atoms with E-state index in [2.05, 4.69) is 5.32 Å². The number of hydroxylamine groups is 1. The largest absolute Gasteiger partial charge is 0.515 e. The molecule has 7 nitrogen and oxygen atoms in total. The molecule has 0 aliphatic heterocycles. The van der Waals surface area contributed by atoms with Crippen LogP contribution in [-0.4, -0.2) is 43.3 Å². The zero-order chi connectivity index (χ0) is 16.8. The Morgan fingerprint density at radius 3 is 2.87 bits per heavy atom. The van der Waals surface area contributed by atoms with E-state index in [-0.39, 0.29) is 12.1 Å². The van der Waals surface area contributed by atoms with Gasteiger partial charge in [0, 0.05) is 7.05 Å². The Balaban J connectivity index is 2.10. The first kappa shape index (κ1) is 17.2. The summed E-state index contributed by atoms with van der Waals surface area (Å²) >= 11 is 1.30. The van der Waals surface area contributed by atoms with Gasteiger partial charge in [0.1, 0.15) is 16.9 Å². The van der Waals surface area contributed by atoms with Crippen LogP contribution < -0.4 is 10.4 Å². The minimum Gasteiger partial charge on any atom is -0.515 e. The number of hydrogen-bond donors (Lipinski definition) is 2. The van der Waals surface area contributed by atoms with E-state index in [0.29, 0.717) is 30.1 Å². The first-order chi connectivity index (χ1) is 11.1. The molecular formula is C15H18N2O5S. The molecule has 0 radical (unpaired) electrons. The van der Waals surface area contributed by atoms with Gasteiger partial charge in [0.25, 0.3) is 5.91 Å². The normalized spacial score (nSPS) is 14.4. The smallest absolute Gasteiger partial charge is 0.258 e. The molecule has 1 heterocycles. The van der Waals surface area contributed by atoms with Gasteiger partial charge in [-0.1, -0.05) is 0 Å². The summed E-state index contributed by atoms with van der Waals surface area (Å²) in [5.74, 6) is -0.865. The highest BCUT2D eigenvalue weighted by molar-refractivity contribution is 7.14. The number of nitrogens with one attached hydrogen (secondary N) is 1. The van der Waals surface area contributed by atoms with Crippen molar-refractivity contribution in [3.8, 4) is 0 Å². The van der Waals surface area contributed by atoms with Crippen molar-refractivity contribution in [2.75, 3.05) is 25.3 Å². The fraction of sp³-hybridized carbons (Fsp3) is 0.400. The van der Waals surface area contributed by atoms with Gasteiger partial charge in [-0.25, -0.2) is 5.06 Å². The molecule has 2 rings (SSSR count). The van der Waals surface area contributed by atoms with Crippen LogP contribution in [0, 0.1) is 5.92 Å². The Labute approximate surface area is 137 Å². The standard InChI is InChI=1S/C15H18N2O5S/c1-17(22-9-10-2-3-10)15-11(4-7-23-15)13(20)12(8-19)14(21)16-5-6-18/h4,6-8,10,19H,2-3,5,9H2,1H3,(H,16,21). The van der Waals surface area contributed by atoms with Crippen LogP contribution in [-0.2, 0) is 14.4 Å². The van der Waals surface area contributed by atoms with Gasteiger partial charge < -0.3 is 15.2 Å². The summed E-state index contributed by atoms with van der Waals surface area (Å²) in [4.78, 5) is 40.2. The van der Waals surface area contributed by atoms with E-state index in [0.717, 1.165) is 12.8 Å². The molecule has 0 aromatic carbocycles. The van der Waals surface area contributed by atoms with E-state index >= 15 is 0 Å². The SMILES string of the molecule is CN(OCC1CC1)c1sccc1C(=O)C(=CO)C(=O)NCC=O. The zero-order valence-electron chi connectivity index (χ0n) is 12.7. The summed E-state index contributed by atoms with van der Waals surface area (Å²) in [5.41, 5.74) is -0.169. The van der Waals surface area contributed by atoms with Crippen LogP contribution in [0.15, 0.2) is 23.3 Å². The Hall–Kier alpha value is -2.19. The molecule has 23 heavy (non-hydrogen) atoms. The van der Waals surface area contributed by atoms with Gasteiger partial charge in [-0.05, 0) is 30.2 Å². The van der Waals surface area contributed by atoms with Gasteiger partial charge in [-0.2, -0.15) is 0 Å². The number of thiophene rings is 1. The number of aliphatic hydroxyl groups excluding tert-OH is 1. The highest BCUT2D eigenvalue weighted by Gasteiger charge is 2.26. The van der Waals surface area contributed by atoms with Crippen molar-refractivity contribution < 1.29 is 24.3 Å². The Bertz CT molecular complexity index is 621. The van der Waals surface area contributed by atoms with Crippen molar-refractivity contribution in [3.63, 3.8) is 0 Å². The van der Waals surface area contributed by atoms with Crippen LogP contribution in [0.5, 0.6) is 0 Å². The number of Topliss-reactive ketones (excluding diaryl/α,β-unsaturated/α-hetero) is 1. The van der Waals surface area contributed by atoms with Gasteiger partial charge in [0.15, 0.2) is 0 Å². The molecule has 1 aromatic heterocycles. The van der Waals surface area contributed by atoms with Crippen LogP contribution in [0.3, 0.4) is 0 Å². The molecule has 1 aromatic rings. The summed E-state index contributed by atoms with van der Waals surface area (Å²) in [7, 11) is 1.69. The second-order valence-electron chi connectivity index (χ2n) is 5.12. The second kappa shape index (κ2) is 7.89. The number of rotatable bonds is 9. The van der Waals surface area contributed by atoms with Crippen molar-refractivity contribution in [3.05, 3.63) is 28.8 Å². The Morgan fingerprint density at radius 1 is 1.52 bits per heavy atom. The van der Waals surface area contributed by atoms with Gasteiger partial charge in [0.05, 0.1) is 25.0 Å². The van der Waals surface area contributed by atoms with Crippen LogP contribution in [0.2, 0.25) is 0 Å². The summed E-state index contributed by atoms with van der Waals surface area (Å²) in [6.07, 6.45) is 3.25. The topological polar surface area (TPSA) is 95.9 Å². The molecule has 124 valence electrons. The second-order valence-corrected chi connectivity index (χ2v) is 6.02. The van der Waals surface area contributed by atoms with Gasteiger partial charge in [-0.3, -0.25) is 14.4 Å². The van der Waals surface area contributed by atoms with E-state index < -0.39 is 17.3 Å². The molecule has 2 N–H and O–H groups in total. The molecule has 1 aliphatic rings. The predicted octanol–water partition coefficient (Wildman–Crippen LogP) is 1.47.